The van der Waals surface area contributed by atoms with Crippen molar-refractivity contribution < 1.29 is 4.39 Å². The molecule has 1 N–H and O–H groups in total. The molecule has 5 heteroatoms. The van der Waals surface area contributed by atoms with E-state index in [4.69, 9.17) is 0 Å². The van der Waals surface area contributed by atoms with Crippen LogP contribution >= 0.6 is 0 Å². The molecule has 0 aliphatic carbocycles. The fourth-order valence-electron chi connectivity index (χ4n) is 2.67. The lowest BCUT2D eigenvalue weighted by Crippen LogP contribution is -2.30. The van der Waals surface area contributed by atoms with E-state index < -0.39 is 0 Å². The first-order chi connectivity index (χ1) is 10.7. The molecule has 0 bridgehead atoms. The van der Waals surface area contributed by atoms with Crippen LogP contribution in [-0.2, 0) is 6.42 Å². The third-order valence-electron chi connectivity index (χ3n) is 3.91. The molecule has 2 heterocycles. The van der Waals surface area contributed by atoms with Crippen LogP contribution in [0.3, 0.4) is 0 Å². The molecule has 1 fully saturated rings. The highest BCUT2D eigenvalue weighted by molar-refractivity contribution is 5.55. The standard InChI is InChI=1S/C17H21FN4/c1-2-14-12-16(22-10-4-3-5-11-22)21-17(19-14)20-15-8-6-13(18)7-9-15/h6-9,12H,2-5,10-11H2,1H3,(H,19,20,21). The highest BCUT2D eigenvalue weighted by Gasteiger charge is 2.14. The number of aryl methyl sites for hydroxylation is 1. The largest absolute Gasteiger partial charge is 0.356 e. The van der Waals surface area contributed by atoms with Crippen molar-refractivity contribution >= 4 is 17.5 Å². The van der Waals surface area contributed by atoms with Crippen LogP contribution in [0.4, 0.5) is 21.8 Å². The van der Waals surface area contributed by atoms with Gasteiger partial charge in [0.2, 0.25) is 5.95 Å². The van der Waals surface area contributed by atoms with E-state index in [9.17, 15) is 4.39 Å². The van der Waals surface area contributed by atoms with E-state index in [0.29, 0.717) is 5.95 Å². The first-order valence-corrected chi connectivity index (χ1v) is 7.90. The molecule has 22 heavy (non-hydrogen) atoms. The van der Waals surface area contributed by atoms with Crippen LogP contribution in [-0.4, -0.2) is 23.1 Å². The van der Waals surface area contributed by atoms with Gasteiger partial charge in [0.15, 0.2) is 0 Å². The Morgan fingerprint density at radius 2 is 1.82 bits per heavy atom. The Kier molecular flexibility index (Phi) is 4.51. The Morgan fingerprint density at radius 3 is 2.50 bits per heavy atom. The van der Waals surface area contributed by atoms with Gasteiger partial charge in [-0.2, -0.15) is 4.98 Å². The summed E-state index contributed by atoms with van der Waals surface area (Å²) in [4.78, 5) is 11.5. The van der Waals surface area contributed by atoms with Crippen molar-refractivity contribution in [3.63, 3.8) is 0 Å². The van der Waals surface area contributed by atoms with Crippen molar-refractivity contribution in [2.24, 2.45) is 0 Å². The van der Waals surface area contributed by atoms with Crippen molar-refractivity contribution in [2.45, 2.75) is 32.6 Å². The minimum Gasteiger partial charge on any atom is -0.356 e. The zero-order valence-corrected chi connectivity index (χ0v) is 12.8. The summed E-state index contributed by atoms with van der Waals surface area (Å²) in [5.41, 5.74) is 1.81. The predicted octanol–water partition coefficient (Wildman–Crippen LogP) is 3.91. The first-order valence-electron chi connectivity index (χ1n) is 7.90. The van der Waals surface area contributed by atoms with E-state index in [0.717, 1.165) is 36.7 Å². The summed E-state index contributed by atoms with van der Waals surface area (Å²) in [5.74, 6) is 1.31. The lowest BCUT2D eigenvalue weighted by molar-refractivity contribution is 0.573. The lowest BCUT2D eigenvalue weighted by atomic mass is 10.1. The summed E-state index contributed by atoms with van der Waals surface area (Å²) in [6, 6.07) is 8.31. The van der Waals surface area contributed by atoms with Crippen LogP contribution in [0.5, 0.6) is 0 Å². The van der Waals surface area contributed by atoms with Gasteiger partial charge in [0, 0.05) is 30.5 Å². The monoisotopic (exact) mass is 300 g/mol. The third-order valence-corrected chi connectivity index (χ3v) is 3.91. The average Bonchev–Trinajstić information content (AvgIpc) is 2.57. The first kappa shape index (κ1) is 14.8. The smallest absolute Gasteiger partial charge is 0.229 e. The van der Waals surface area contributed by atoms with Gasteiger partial charge in [0.25, 0.3) is 0 Å². The van der Waals surface area contributed by atoms with Crippen LogP contribution in [0.2, 0.25) is 0 Å². The van der Waals surface area contributed by atoms with E-state index in [-0.39, 0.29) is 5.82 Å². The Hall–Kier alpha value is -2.17. The van der Waals surface area contributed by atoms with Crippen molar-refractivity contribution in [1.29, 1.82) is 0 Å². The molecule has 116 valence electrons. The van der Waals surface area contributed by atoms with Crippen molar-refractivity contribution in [1.82, 2.24) is 9.97 Å². The Balaban J connectivity index is 1.84. The highest BCUT2D eigenvalue weighted by atomic mass is 19.1. The maximum absolute atomic E-state index is 13.0. The van der Waals surface area contributed by atoms with Crippen LogP contribution in [0.15, 0.2) is 30.3 Å². The van der Waals surface area contributed by atoms with Crippen LogP contribution in [0.25, 0.3) is 0 Å². The van der Waals surface area contributed by atoms with Gasteiger partial charge >= 0.3 is 0 Å². The number of hydrogen-bond donors (Lipinski definition) is 1. The van der Waals surface area contributed by atoms with E-state index in [1.54, 1.807) is 12.1 Å². The number of halogens is 1. The van der Waals surface area contributed by atoms with Gasteiger partial charge in [-0.05, 0) is 49.9 Å². The SMILES string of the molecule is CCc1cc(N2CCCCC2)nc(Nc2ccc(F)cc2)n1. The zero-order chi connectivity index (χ0) is 15.4. The molecule has 1 aliphatic heterocycles. The second kappa shape index (κ2) is 6.73. The summed E-state index contributed by atoms with van der Waals surface area (Å²) in [5, 5.41) is 3.17. The molecule has 4 nitrogen and oxygen atoms in total. The molecular weight excluding hydrogens is 279 g/mol. The second-order valence-electron chi connectivity index (χ2n) is 5.57. The number of hydrogen-bond acceptors (Lipinski definition) is 4. The topological polar surface area (TPSA) is 41.1 Å². The Labute approximate surface area is 130 Å². The van der Waals surface area contributed by atoms with Gasteiger partial charge in [-0.1, -0.05) is 6.92 Å². The molecule has 0 saturated carbocycles. The fraction of sp³-hybridized carbons (Fsp3) is 0.412. The number of nitrogens with zero attached hydrogens (tertiary/aromatic N) is 3. The van der Waals surface area contributed by atoms with Gasteiger partial charge in [-0.3, -0.25) is 0 Å². The molecule has 0 amide bonds. The van der Waals surface area contributed by atoms with Crippen molar-refractivity contribution in [3.05, 3.63) is 41.8 Å². The summed E-state index contributed by atoms with van der Waals surface area (Å²) in [7, 11) is 0. The number of rotatable bonds is 4. The molecule has 0 unspecified atom stereocenters. The number of anilines is 3. The van der Waals surface area contributed by atoms with Crippen LogP contribution < -0.4 is 10.2 Å². The van der Waals surface area contributed by atoms with Crippen LogP contribution in [0, 0.1) is 5.82 Å². The number of nitrogens with one attached hydrogen (secondary N) is 1. The Bertz CT molecular complexity index is 621. The number of benzene rings is 1. The molecule has 3 rings (SSSR count). The van der Waals surface area contributed by atoms with Crippen LogP contribution in [0.1, 0.15) is 31.9 Å². The van der Waals surface area contributed by atoms with Gasteiger partial charge in [-0.15, -0.1) is 0 Å². The maximum Gasteiger partial charge on any atom is 0.229 e. The molecule has 0 spiro atoms. The molecule has 0 radical (unpaired) electrons. The molecule has 1 aliphatic rings. The van der Waals surface area contributed by atoms with Gasteiger partial charge < -0.3 is 10.2 Å². The minimum absolute atomic E-state index is 0.247. The summed E-state index contributed by atoms with van der Waals surface area (Å²) >= 11 is 0. The molecule has 1 saturated heterocycles. The van der Waals surface area contributed by atoms with E-state index >= 15 is 0 Å². The van der Waals surface area contributed by atoms with Gasteiger partial charge in [0.05, 0.1) is 0 Å². The molecule has 0 atom stereocenters. The van der Waals surface area contributed by atoms with Crippen molar-refractivity contribution in [3.8, 4) is 0 Å². The normalized spacial score (nSPS) is 14.9. The van der Waals surface area contributed by atoms with Crippen molar-refractivity contribution in [2.75, 3.05) is 23.3 Å². The lowest BCUT2D eigenvalue weighted by Gasteiger charge is -2.28. The second-order valence-corrected chi connectivity index (χ2v) is 5.57. The molecular formula is C17H21FN4. The Morgan fingerprint density at radius 1 is 1.09 bits per heavy atom. The summed E-state index contributed by atoms with van der Waals surface area (Å²) in [6.45, 7) is 4.19. The minimum atomic E-state index is -0.247. The summed E-state index contributed by atoms with van der Waals surface area (Å²) < 4.78 is 13.0. The maximum atomic E-state index is 13.0. The molecule has 1 aromatic carbocycles. The number of piperidine rings is 1. The third kappa shape index (κ3) is 3.53. The van der Waals surface area contributed by atoms with Gasteiger partial charge in [0.1, 0.15) is 11.6 Å². The molecule has 2 aromatic rings. The van der Waals surface area contributed by atoms with E-state index in [2.05, 4.69) is 33.2 Å². The summed E-state index contributed by atoms with van der Waals surface area (Å²) in [6.07, 6.45) is 4.59. The zero-order valence-electron chi connectivity index (χ0n) is 12.8. The van der Waals surface area contributed by atoms with E-state index in [1.807, 2.05) is 0 Å². The average molecular weight is 300 g/mol. The highest BCUT2D eigenvalue weighted by Crippen LogP contribution is 2.22. The fourth-order valence-corrected chi connectivity index (χ4v) is 2.67. The van der Waals surface area contributed by atoms with Gasteiger partial charge in [-0.25, -0.2) is 9.37 Å². The number of aromatic nitrogens is 2. The molecule has 1 aromatic heterocycles. The van der Waals surface area contributed by atoms with E-state index in [1.165, 1.54) is 31.4 Å². The quantitative estimate of drug-likeness (QED) is 0.929. The predicted molar refractivity (Wildman–Crippen MR) is 87.2 cm³/mol.